The van der Waals surface area contributed by atoms with E-state index in [9.17, 15) is 16.8 Å². The summed E-state index contributed by atoms with van der Waals surface area (Å²) in [5.74, 6) is 0. The molecule has 0 N–H and O–H groups in total. The van der Waals surface area contributed by atoms with Crippen LogP contribution in [0.3, 0.4) is 0 Å². The summed E-state index contributed by atoms with van der Waals surface area (Å²) in [5, 5.41) is 6.52. The van der Waals surface area contributed by atoms with E-state index in [1.807, 2.05) is 0 Å². The van der Waals surface area contributed by atoms with Crippen molar-refractivity contribution in [2.24, 2.45) is 7.05 Å². The number of nitrogens with zero attached hydrogens (tertiary/aromatic N) is 4. The van der Waals surface area contributed by atoms with E-state index in [2.05, 4.69) is 10.2 Å². The molecule has 0 saturated carbocycles. The Balaban J connectivity index is 2.16. The Kier molecular flexibility index (Phi) is 3.67. The zero-order valence-corrected chi connectivity index (χ0v) is 12.4. The highest BCUT2D eigenvalue weighted by atomic mass is 32.2. The van der Waals surface area contributed by atoms with Gasteiger partial charge in [0, 0.05) is 20.1 Å². The minimum absolute atomic E-state index is 0.0645. The van der Waals surface area contributed by atoms with E-state index in [1.54, 1.807) is 7.05 Å². The average Bonchev–Trinajstić information content (AvgIpc) is 2.75. The molecule has 1 aromatic heterocycles. The first kappa shape index (κ1) is 14.4. The number of hydrogen-bond donors (Lipinski definition) is 0. The highest BCUT2D eigenvalue weighted by Crippen LogP contribution is 2.23. The fourth-order valence-electron chi connectivity index (χ4n) is 2.15. The number of piperidine rings is 1. The summed E-state index contributed by atoms with van der Waals surface area (Å²) in [6.45, 7) is 0.446. The summed E-state index contributed by atoms with van der Waals surface area (Å²) < 4.78 is 50.1. The molecule has 2 heterocycles. The van der Waals surface area contributed by atoms with Crippen LogP contribution in [0.1, 0.15) is 12.8 Å². The van der Waals surface area contributed by atoms with Crippen molar-refractivity contribution in [2.75, 3.05) is 19.3 Å². The SMILES string of the molecule is Cn1cnnc1S(=O)(=O)C1CCN(S(C)(=O)=O)CC1. The van der Waals surface area contributed by atoms with Crippen molar-refractivity contribution in [1.29, 1.82) is 0 Å². The van der Waals surface area contributed by atoms with Gasteiger partial charge in [-0.05, 0) is 12.8 Å². The molecule has 1 aliphatic rings. The van der Waals surface area contributed by atoms with Crippen molar-refractivity contribution in [3.8, 4) is 0 Å². The second-order valence-corrected chi connectivity index (χ2v) is 8.74. The standard InChI is InChI=1S/C9H16N4O4S2/c1-12-7-10-11-9(12)19(16,17)8-3-5-13(6-4-8)18(2,14)15/h7-8H,3-6H2,1-2H3. The van der Waals surface area contributed by atoms with Crippen LogP contribution in [0.5, 0.6) is 0 Å². The first-order chi connectivity index (χ1) is 8.73. The van der Waals surface area contributed by atoms with E-state index in [4.69, 9.17) is 0 Å². The quantitative estimate of drug-likeness (QED) is 0.710. The molecular weight excluding hydrogens is 292 g/mol. The van der Waals surface area contributed by atoms with Gasteiger partial charge in [0.05, 0.1) is 11.5 Å². The van der Waals surface area contributed by atoms with Crippen LogP contribution in [0, 0.1) is 0 Å². The predicted octanol–water partition coefficient (Wildman–Crippen LogP) is -0.987. The molecular formula is C9H16N4O4S2. The van der Waals surface area contributed by atoms with E-state index in [1.165, 1.54) is 15.2 Å². The molecule has 0 bridgehead atoms. The Hall–Kier alpha value is -1.00. The number of sulfone groups is 1. The summed E-state index contributed by atoms with van der Waals surface area (Å²) in [7, 11) is -5.23. The minimum atomic E-state index is -3.55. The van der Waals surface area contributed by atoms with Crippen LogP contribution in [-0.4, -0.2) is 60.5 Å². The van der Waals surface area contributed by atoms with Gasteiger partial charge in [-0.25, -0.2) is 21.1 Å². The highest BCUT2D eigenvalue weighted by Gasteiger charge is 2.36. The van der Waals surface area contributed by atoms with Gasteiger partial charge in [0.1, 0.15) is 6.33 Å². The first-order valence-corrected chi connectivity index (χ1v) is 9.15. The number of rotatable bonds is 3. The molecule has 19 heavy (non-hydrogen) atoms. The maximum atomic E-state index is 12.3. The van der Waals surface area contributed by atoms with Crippen LogP contribution in [0.25, 0.3) is 0 Å². The summed E-state index contributed by atoms with van der Waals surface area (Å²) in [5.41, 5.74) is 0. The molecule has 0 amide bonds. The molecule has 0 atom stereocenters. The highest BCUT2D eigenvalue weighted by molar-refractivity contribution is 7.92. The molecule has 8 nitrogen and oxygen atoms in total. The lowest BCUT2D eigenvalue weighted by Gasteiger charge is -2.29. The van der Waals surface area contributed by atoms with Crippen molar-refractivity contribution < 1.29 is 16.8 Å². The van der Waals surface area contributed by atoms with E-state index in [0.717, 1.165) is 6.26 Å². The summed E-state index contributed by atoms with van der Waals surface area (Å²) in [6.07, 6.45) is 3.02. The molecule has 2 rings (SSSR count). The van der Waals surface area contributed by atoms with E-state index in [-0.39, 0.29) is 31.1 Å². The van der Waals surface area contributed by atoms with Crippen molar-refractivity contribution in [3.63, 3.8) is 0 Å². The second-order valence-electron chi connectivity index (χ2n) is 4.63. The van der Waals surface area contributed by atoms with Crippen LogP contribution in [-0.2, 0) is 26.9 Å². The van der Waals surface area contributed by atoms with Gasteiger partial charge in [0.2, 0.25) is 25.0 Å². The van der Waals surface area contributed by atoms with Gasteiger partial charge >= 0.3 is 0 Å². The summed E-state index contributed by atoms with van der Waals surface area (Å²) >= 11 is 0. The van der Waals surface area contributed by atoms with E-state index >= 15 is 0 Å². The lowest BCUT2D eigenvalue weighted by Crippen LogP contribution is -2.42. The molecule has 1 saturated heterocycles. The van der Waals surface area contributed by atoms with Crippen LogP contribution in [0.2, 0.25) is 0 Å². The molecule has 0 radical (unpaired) electrons. The van der Waals surface area contributed by atoms with Crippen LogP contribution in [0.4, 0.5) is 0 Å². The molecule has 108 valence electrons. The van der Waals surface area contributed by atoms with Gasteiger partial charge in [-0.3, -0.25) is 0 Å². The zero-order valence-electron chi connectivity index (χ0n) is 10.7. The van der Waals surface area contributed by atoms with Crippen LogP contribution < -0.4 is 0 Å². The van der Waals surface area contributed by atoms with Gasteiger partial charge in [-0.2, -0.15) is 0 Å². The summed E-state index contributed by atoms with van der Waals surface area (Å²) in [6, 6.07) is 0. The van der Waals surface area contributed by atoms with Gasteiger partial charge in [0.15, 0.2) is 0 Å². The fourth-order valence-corrected chi connectivity index (χ4v) is 4.77. The Bertz CT molecular complexity index is 656. The van der Waals surface area contributed by atoms with Gasteiger partial charge < -0.3 is 4.57 Å². The second kappa shape index (κ2) is 4.84. The van der Waals surface area contributed by atoms with Gasteiger partial charge in [-0.15, -0.1) is 10.2 Å². The van der Waals surface area contributed by atoms with Crippen molar-refractivity contribution in [1.82, 2.24) is 19.1 Å². The molecule has 1 aromatic rings. The Morgan fingerprint density at radius 3 is 2.21 bits per heavy atom. The number of hydrogen-bond acceptors (Lipinski definition) is 6. The monoisotopic (exact) mass is 308 g/mol. The normalized spacial score (nSPS) is 19.7. The Morgan fingerprint density at radius 1 is 1.21 bits per heavy atom. The predicted molar refractivity (Wildman–Crippen MR) is 67.6 cm³/mol. The Morgan fingerprint density at radius 2 is 1.79 bits per heavy atom. The number of sulfonamides is 1. The average molecular weight is 308 g/mol. The van der Waals surface area contributed by atoms with Crippen molar-refractivity contribution >= 4 is 19.9 Å². The zero-order chi connectivity index (χ0) is 14.3. The molecule has 10 heteroatoms. The maximum Gasteiger partial charge on any atom is 0.249 e. The topological polar surface area (TPSA) is 102 Å². The Labute approximate surface area is 112 Å². The summed E-state index contributed by atoms with van der Waals surface area (Å²) in [4.78, 5) is 0. The molecule has 0 aromatic carbocycles. The molecule has 0 spiro atoms. The molecule has 1 fully saturated rings. The third-order valence-electron chi connectivity index (χ3n) is 3.23. The van der Waals surface area contributed by atoms with Gasteiger partial charge in [-0.1, -0.05) is 0 Å². The van der Waals surface area contributed by atoms with Crippen LogP contribution in [0.15, 0.2) is 11.5 Å². The maximum absolute atomic E-state index is 12.3. The lowest BCUT2D eigenvalue weighted by molar-refractivity contribution is 0.347. The van der Waals surface area contributed by atoms with Crippen molar-refractivity contribution in [3.05, 3.63) is 6.33 Å². The third-order valence-corrected chi connectivity index (χ3v) is 6.76. The van der Waals surface area contributed by atoms with Crippen LogP contribution >= 0.6 is 0 Å². The van der Waals surface area contributed by atoms with Crippen molar-refractivity contribution in [2.45, 2.75) is 23.2 Å². The lowest BCUT2D eigenvalue weighted by atomic mass is 10.2. The molecule has 1 aliphatic heterocycles. The fraction of sp³-hybridized carbons (Fsp3) is 0.778. The largest absolute Gasteiger partial charge is 0.308 e. The van der Waals surface area contributed by atoms with E-state index in [0.29, 0.717) is 0 Å². The minimum Gasteiger partial charge on any atom is -0.308 e. The first-order valence-electron chi connectivity index (χ1n) is 5.76. The third kappa shape index (κ3) is 2.79. The molecule has 0 aliphatic carbocycles. The smallest absolute Gasteiger partial charge is 0.249 e. The van der Waals surface area contributed by atoms with Gasteiger partial charge in [0.25, 0.3) is 0 Å². The molecule has 0 unspecified atom stereocenters. The number of aryl methyl sites for hydroxylation is 1. The number of aromatic nitrogens is 3. The van der Waals surface area contributed by atoms with E-state index < -0.39 is 25.1 Å².